The van der Waals surface area contributed by atoms with Crippen molar-refractivity contribution in [2.75, 3.05) is 7.11 Å². The number of halogens is 1. The van der Waals surface area contributed by atoms with E-state index >= 15 is 0 Å². The van der Waals surface area contributed by atoms with Crippen molar-refractivity contribution in [1.29, 1.82) is 0 Å². The van der Waals surface area contributed by atoms with Crippen LogP contribution in [0.15, 0.2) is 66.7 Å². The van der Waals surface area contributed by atoms with Crippen LogP contribution in [0, 0.1) is 0 Å². The van der Waals surface area contributed by atoms with Crippen LogP contribution in [0.1, 0.15) is 57.7 Å². The standard InChI is InChI=1S/C30H28ClNO4S2/c1-35-25-16-15-21(19-11-13-20(14-12-19)30(34)36-37)17-22(25)18-32(23-7-3-2-4-8-23)29(33)28-27(31)24-9-5-6-10-26(24)38-28/h5-6,9-17,23,37H,2-4,7-8,18H2,1H3. The molecule has 0 atom stereocenters. The molecule has 1 amide bonds. The highest BCUT2D eigenvalue weighted by atomic mass is 35.5. The van der Waals surface area contributed by atoms with Crippen molar-refractivity contribution in [1.82, 2.24) is 4.90 Å². The van der Waals surface area contributed by atoms with Crippen LogP contribution in [0.3, 0.4) is 0 Å². The van der Waals surface area contributed by atoms with Crippen molar-refractivity contribution in [3.05, 3.63) is 87.8 Å². The first-order valence-electron chi connectivity index (χ1n) is 12.6. The molecule has 38 heavy (non-hydrogen) atoms. The molecule has 0 N–H and O–H groups in total. The van der Waals surface area contributed by atoms with E-state index in [1.165, 1.54) is 17.8 Å². The third-order valence-corrected chi connectivity index (χ3v) is 8.99. The molecule has 0 bridgehead atoms. The van der Waals surface area contributed by atoms with Crippen molar-refractivity contribution in [3.63, 3.8) is 0 Å². The van der Waals surface area contributed by atoms with E-state index in [1.807, 2.05) is 53.4 Å². The van der Waals surface area contributed by atoms with E-state index in [0.717, 1.165) is 58.2 Å². The molecule has 1 fully saturated rings. The van der Waals surface area contributed by atoms with Crippen LogP contribution in [0.25, 0.3) is 21.2 Å². The second kappa shape index (κ2) is 11.8. The van der Waals surface area contributed by atoms with Crippen molar-refractivity contribution in [3.8, 4) is 16.9 Å². The van der Waals surface area contributed by atoms with Crippen LogP contribution in [0.5, 0.6) is 5.75 Å². The Labute approximate surface area is 236 Å². The summed E-state index contributed by atoms with van der Waals surface area (Å²) >= 11 is 11.8. The van der Waals surface area contributed by atoms with Gasteiger partial charge < -0.3 is 13.8 Å². The van der Waals surface area contributed by atoms with Crippen LogP contribution in [0.2, 0.25) is 5.02 Å². The minimum Gasteiger partial charge on any atom is -0.496 e. The van der Waals surface area contributed by atoms with Gasteiger partial charge in [-0.15, -0.1) is 11.3 Å². The highest BCUT2D eigenvalue weighted by Crippen LogP contribution is 2.38. The Morgan fingerprint density at radius 1 is 1.00 bits per heavy atom. The highest BCUT2D eigenvalue weighted by molar-refractivity contribution is 7.75. The molecule has 196 valence electrons. The number of amides is 1. The van der Waals surface area contributed by atoms with Gasteiger partial charge >= 0.3 is 5.97 Å². The first kappa shape index (κ1) is 26.6. The third-order valence-electron chi connectivity index (χ3n) is 7.16. The molecule has 4 aromatic rings. The average molecular weight is 566 g/mol. The largest absolute Gasteiger partial charge is 0.496 e. The molecule has 1 aliphatic rings. The predicted molar refractivity (Wildman–Crippen MR) is 156 cm³/mol. The van der Waals surface area contributed by atoms with Crippen molar-refractivity contribution in [2.24, 2.45) is 0 Å². The number of thiol groups is 1. The molecule has 8 heteroatoms. The van der Waals surface area contributed by atoms with Crippen LogP contribution in [-0.4, -0.2) is 29.9 Å². The molecular formula is C30H28ClNO4S2. The Bertz CT molecular complexity index is 1460. The van der Waals surface area contributed by atoms with Gasteiger partial charge in [0.05, 0.1) is 17.7 Å². The summed E-state index contributed by atoms with van der Waals surface area (Å²) in [5.74, 6) is 0.182. The van der Waals surface area contributed by atoms with E-state index in [4.69, 9.17) is 16.3 Å². The maximum Gasteiger partial charge on any atom is 0.349 e. The predicted octanol–water partition coefficient (Wildman–Crippen LogP) is 8.21. The number of carbonyl (C=O) groups is 2. The van der Waals surface area contributed by atoms with Gasteiger partial charge in [-0.2, -0.15) is 0 Å². The summed E-state index contributed by atoms with van der Waals surface area (Å²) < 4.78 is 11.2. The van der Waals surface area contributed by atoms with E-state index in [9.17, 15) is 9.59 Å². The lowest BCUT2D eigenvalue weighted by Crippen LogP contribution is -2.40. The Hall–Kier alpha value is -3.00. The Morgan fingerprint density at radius 2 is 1.71 bits per heavy atom. The van der Waals surface area contributed by atoms with Gasteiger partial charge in [-0.1, -0.05) is 67.3 Å². The van der Waals surface area contributed by atoms with Gasteiger partial charge in [0.25, 0.3) is 5.91 Å². The van der Waals surface area contributed by atoms with E-state index in [-0.39, 0.29) is 11.9 Å². The van der Waals surface area contributed by atoms with Crippen LogP contribution in [0.4, 0.5) is 0 Å². The monoisotopic (exact) mass is 565 g/mol. The topological polar surface area (TPSA) is 55.8 Å². The van der Waals surface area contributed by atoms with Crippen molar-refractivity contribution >= 4 is 57.8 Å². The highest BCUT2D eigenvalue weighted by Gasteiger charge is 2.30. The minimum atomic E-state index is -0.503. The number of hydrogen-bond donors (Lipinski definition) is 1. The second-order valence-corrected chi connectivity index (χ2v) is 11.1. The van der Waals surface area contributed by atoms with Gasteiger partial charge in [0.2, 0.25) is 0 Å². The molecule has 1 aromatic heterocycles. The second-order valence-electron chi connectivity index (χ2n) is 9.45. The first-order chi connectivity index (χ1) is 18.5. The van der Waals surface area contributed by atoms with Gasteiger partial charge in [-0.25, -0.2) is 4.79 Å². The molecule has 0 unspecified atom stereocenters. The molecule has 3 aromatic carbocycles. The van der Waals surface area contributed by atoms with Gasteiger partial charge in [0.15, 0.2) is 0 Å². The molecule has 1 saturated carbocycles. The van der Waals surface area contributed by atoms with Crippen LogP contribution < -0.4 is 4.74 Å². The van der Waals surface area contributed by atoms with E-state index in [2.05, 4.69) is 23.2 Å². The lowest BCUT2D eigenvalue weighted by Gasteiger charge is -2.34. The molecule has 1 aliphatic carbocycles. The SMILES string of the molecule is COc1ccc(-c2ccc(C(=O)OS)cc2)cc1CN(C(=O)c1sc2ccccc2c1Cl)C1CCCCC1. The van der Waals surface area contributed by atoms with Crippen molar-refractivity contribution in [2.45, 2.75) is 44.7 Å². The Kier molecular flexibility index (Phi) is 8.27. The summed E-state index contributed by atoms with van der Waals surface area (Å²) in [6, 6.07) is 21.1. The van der Waals surface area contributed by atoms with E-state index in [1.54, 1.807) is 19.2 Å². The van der Waals surface area contributed by atoms with Crippen LogP contribution in [-0.2, 0) is 10.7 Å². The fourth-order valence-electron chi connectivity index (χ4n) is 5.16. The van der Waals surface area contributed by atoms with Gasteiger partial charge in [0.1, 0.15) is 10.6 Å². The lowest BCUT2D eigenvalue weighted by atomic mass is 9.93. The Morgan fingerprint density at radius 3 is 2.39 bits per heavy atom. The maximum absolute atomic E-state index is 14.1. The number of rotatable bonds is 7. The quantitative estimate of drug-likeness (QED) is 0.181. The normalized spacial score (nSPS) is 13.9. The number of thiophene rings is 1. The zero-order valence-electron chi connectivity index (χ0n) is 21.0. The zero-order valence-corrected chi connectivity index (χ0v) is 23.5. The molecule has 1 heterocycles. The first-order valence-corrected chi connectivity index (χ1v) is 14.2. The molecule has 5 nitrogen and oxygen atoms in total. The summed E-state index contributed by atoms with van der Waals surface area (Å²) in [4.78, 5) is 28.4. The van der Waals surface area contributed by atoms with Gasteiger partial charge in [-0.3, -0.25) is 4.79 Å². The summed E-state index contributed by atoms with van der Waals surface area (Å²) in [5, 5.41) is 1.44. The van der Waals surface area contributed by atoms with Crippen molar-refractivity contribution < 1.29 is 18.5 Å². The number of fused-ring (bicyclic) bond motifs is 1. The molecule has 0 radical (unpaired) electrons. The Balaban J connectivity index is 1.50. The number of hydrogen-bond acceptors (Lipinski definition) is 6. The molecule has 0 saturated heterocycles. The van der Waals surface area contributed by atoms with E-state index in [0.29, 0.717) is 22.0 Å². The fourth-order valence-corrected chi connectivity index (χ4v) is 6.73. The summed E-state index contributed by atoms with van der Waals surface area (Å²) in [6.07, 6.45) is 5.34. The van der Waals surface area contributed by atoms with Gasteiger partial charge in [-0.05, 0) is 54.3 Å². The fraction of sp³-hybridized carbons (Fsp3) is 0.267. The lowest BCUT2D eigenvalue weighted by molar-refractivity contribution is 0.0617. The number of ether oxygens (including phenoxy) is 1. The summed E-state index contributed by atoms with van der Waals surface area (Å²) in [6.45, 7) is 0.412. The number of benzene rings is 3. The molecule has 5 rings (SSSR count). The van der Waals surface area contributed by atoms with Gasteiger partial charge in [0, 0.05) is 41.1 Å². The average Bonchev–Trinajstić information content (AvgIpc) is 3.31. The third kappa shape index (κ3) is 5.41. The minimum absolute atomic E-state index is 0.0369. The number of methoxy groups -OCH3 is 1. The summed E-state index contributed by atoms with van der Waals surface area (Å²) in [5.41, 5.74) is 3.24. The number of carbonyl (C=O) groups excluding carboxylic acids is 2. The molecular weight excluding hydrogens is 538 g/mol. The zero-order chi connectivity index (χ0) is 26.6. The van der Waals surface area contributed by atoms with E-state index < -0.39 is 5.97 Å². The smallest absolute Gasteiger partial charge is 0.349 e. The molecule has 0 aliphatic heterocycles. The molecule has 0 spiro atoms. The number of nitrogens with zero attached hydrogens (tertiary/aromatic N) is 1. The van der Waals surface area contributed by atoms with Crippen LogP contribution >= 0.6 is 35.8 Å². The maximum atomic E-state index is 14.1. The summed E-state index contributed by atoms with van der Waals surface area (Å²) in [7, 11) is 1.64.